The third-order valence-corrected chi connectivity index (χ3v) is 3.46. The van der Waals surface area contributed by atoms with E-state index in [-0.39, 0.29) is 10.6 Å². The van der Waals surface area contributed by atoms with Crippen LogP contribution in [0.4, 0.5) is 11.4 Å². The van der Waals surface area contributed by atoms with Gasteiger partial charge in [-0.2, -0.15) is 0 Å². The summed E-state index contributed by atoms with van der Waals surface area (Å²) in [6.45, 7) is 9.21. The summed E-state index contributed by atoms with van der Waals surface area (Å²) in [5.74, 6) is 0. The topological polar surface area (TPSA) is 46.4 Å². The van der Waals surface area contributed by atoms with Crippen LogP contribution in [-0.4, -0.2) is 18.0 Å². The molecule has 0 radical (unpaired) electrons. The smallest absolute Gasteiger partial charge is 0.269 e. The minimum absolute atomic E-state index is 0.163. The second kappa shape index (κ2) is 6.19. The summed E-state index contributed by atoms with van der Waals surface area (Å²) in [5, 5.41) is 10.8. The highest BCUT2D eigenvalue weighted by atomic mass is 16.6. The van der Waals surface area contributed by atoms with E-state index in [1.165, 1.54) is 0 Å². The normalized spacial score (nSPS) is 14.6. The van der Waals surface area contributed by atoms with Gasteiger partial charge in [0.05, 0.1) is 4.92 Å². The maximum absolute atomic E-state index is 10.8. The molecule has 0 aliphatic carbocycles. The number of hydrogen-bond donors (Lipinski definition) is 0. The van der Waals surface area contributed by atoms with Gasteiger partial charge in [-0.1, -0.05) is 31.4 Å². The van der Waals surface area contributed by atoms with Crippen molar-refractivity contribution in [1.82, 2.24) is 0 Å². The first-order valence-corrected chi connectivity index (χ1v) is 6.62. The number of aryl methyl sites for hydroxylation is 1. The first kappa shape index (κ1) is 14.1. The molecular weight excluding hydrogens is 252 g/mol. The fourth-order valence-corrected chi connectivity index (χ4v) is 2.50. The Bertz CT molecular complexity index is 576. The van der Waals surface area contributed by atoms with Gasteiger partial charge in [-0.3, -0.25) is 10.1 Å². The molecule has 0 atom stereocenters. The molecule has 0 amide bonds. The Morgan fingerprint density at radius 2 is 2.25 bits per heavy atom. The molecule has 1 heterocycles. The Morgan fingerprint density at radius 1 is 1.45 bits per heavy atom. The van der Waals surface area contributed by atoms with Crippen LogP contribution >= 0.6 is 0 Å². The predicted molar refractivity (Wildman–Crippen MR) is 82.1 cm³/mol. The Balaban J connectivity index is 2.28. The number of fused-ring (bicyclic) bond motifs is 1. The van der Waals surface area contributed by atoms with E-state index in [0.29, 0.717) is 0 Å². The largest absolute Gasteiger partial charge is 0.367 e. The number of rotatable bonds is 5. The van der Waals surface area contributed by atoms with Crippen LogP contribution in [0.3, 0.4) is 0 Å². The Morgan fingerprint density at radius 3 is 2.90 bits per heavy atom. The monoisotopic (exact) mass is 270 g/mol. The molecule has 1 aromatic carbocycles. The lowest BCUT2D eigenvalue weighted by Gasteiger charge is -2.31. The van der Waals surface area contributed by atoms with Gasteiger partial charge in [0.1, 0.15) is 0 Å². The lowest BCUT2D eigenvalue weighted by Crippen LogP contribution is -2.31. The van der Waals surface area contributed by atoms with Crippen LogP contribution in [0.5, 0.6) is 0 Å². The van der Waals surface area contributed by atoms with E-state index in [2.05, 4.69) is 18.1 Å². The summed E-state index contributed by atoms with van der Waals surface area (Å²) >= 11 is 0. The van der Waals surface area contributed by atoms with Crippen molar-refractivity contribution in [2.24, 2.45) is 0 Å². The van der Waals surface area contributed by atoms with Crippen molar-refractivity contribution in [2.75, 3.05) is 18.0 Å². The summed E-state index contributed by atoms with van der Waals surface area (Å²) in [4.78, 5) is 12.7. The SMILES string of the molecule is C=C/C=C(\C=C)CN1CCCc2cc([N+](=O)[O-])ccc21. The molecule has 0 spiro atoms. The number of benzene rings is 1. The first-order chi connectivity index (χ1) is 9.65. The number of hydrogen-bond acceptors (Lipinski definition) is 3. The van der Waals surface area contributed by atoms with Gasteiger partial charge in [-0.25, -0.2) is 0 Å². The van der Waals surface area contributed by atoms with Gasteiger partial charge in [0.25, 0.3) is 5.69 Å². The lowest BCUT2D eigenvalue weighted by atomic mass is 10.0. The van der Waals surface area contributed by atoms with Crippen molar-refractivity contribution in [1.29, 1.82) is 0 Å². The second-order valence-corrected chi connectivity index (χ2v) is 4.78. The zero-order chi connectivity index (χ0) is 14.5. The van der Waals surface area contributed by atoms with Crippen LogP contribution < -0.4 is 4.90 Å². The predicted octanol–water partition coefficient (Wildman–Crippen LogP) is 3.65. The molecule has 0 bridgehead atoms. The number of nitro groups is 1. The van der Waals surface area contributed by atoms with E-state index in [9.17, 15) is 10.1 Å². The van der Waals surface area contributed by atoms with Gasteiger partial charge in [-0.15, -0.1) is 0 Å². The van der Waals surface area contributed by atoms with Crippen LogP contribution in [0.1, 0.15) is 12.0 Å². The summed E-state index contributed by atoms with van der Waals surface area (Å²) < 4.78 is 0. The van der Waals surface area contributed by atoms with Crippen LogP contribution in [-0.2, 0) is 6.42 Å². The average Bonchev–Trinajstić information content (AvgIpc) is 2.46. The molecule has 20 heavy (non-hydrogen) atoms. The van der Waals surface area contributed by atoms with Crippen molar-refractivity contribution < 1.29 is 4.92 Å². The molecule has 1 aliphatic heterocycles. The summed E-state index contributed by atoms with van der Waals surface area (Å²) in [6.07, 6.45) is 7.40. The summed E-state index contributed by atoms with van der Waals surface area (Å²) in [5.41, 5.74) is 3.38. The molecule has 0 N–H and O–H groups in total. The third-order valence-electron chi connectivity index (χ3n) is 3.46. The van der Waals surface area contributed by atoms with E-state index in [4.69, 9.17) is 0 Å². The zero-order valence-corrected chi connectivity index (χ0v) is 11.4. The quantitative estimate of drug-likeness (QED) is 0.466. The Labute approximate surface area is 118 Å². The Kier molecular flexibility index (Phi) is 4.35. The van der Waals surface area contributed by atoms with E-state index >= 15 is 0 Å². The first-order valence-electron chi connectivity index (χ1n) is 6.62. The highest BCUT2D eigenvalue weighted by Gasteiger charge is 2.19. The average molecular weight is 270 g/mol. The van der Waals surface area contributed by atoms with Crippen molar-refractivity contribution >= 4 is 11.4 Å². The van der Waals surface area contributed by atoms with Gasteiger partial charge in [0.15, 0.2) is 0 Å². The minimum atomic E-state index is -0.341. The number of anilines is 1. The lowest BCUT2D eigenvalue weighted by molar-refractivity contribution is -0.384. The molecule has 4 heteroatoms. The fourth-order valence-electron chi connectivity index (χ4n) is 2.50. The third kappa shape index (κ3) is 2.96. The highest BCUT2D eigenvalue weighted by molar-refractivity contribution is 5.60. The Hall–Kier alpha value is -2.36. The van der Waals surface area contributed by atoms with E-state index < -0.39 is 0 Å². The van der Waals surface area contributed by atoms with Crippen LogP contribution in [0.15, 0.2) is 55.2 Å². The van der Waals surface area contributed by atoms with Crippen molar-refractivity contribution in [3.8, 4) is 0 Å². The van der Waals surface area contributed by atoms with E-state index in [1.807, 2.05) is 18.2 Å². The summed E-state index contributed by atoms with van der Waals surface area (Å²) in [7, 11) is 0. The molecule has 0 saturated heterocycles. The van der Waals surface area contributed by atoms with Gasteiger partial charge in [0.2, 0.25) is 0 Å². The number of non-ortho nitro benzene ring substituents is 1. The van der Waals surface area contributed by atoms with Crippen LogP contribution in [0, 0.1) is 10.1 Å². The molecule has 0 fully saturated rings. The zero-order valence-electron chi connectivity index (χ0n) is 11.4. The van der Waals surface area contributed by atoms with E-state index in [1.54, 1.807) is 18.2 Å². The van der Waals surface area contributed by atoms with Crippen molar-refractivity contribution in [3.63, 3.8) is 0 Å². The van der Waals surface area contributed by atoms with Gasteiger partial charge >= 0.3 is 0 Å². The number of nitro benzene ring substituents is 1. The highest BCUT2D eigenvalue weighted by Crippen LogP contribution is 2.30. The molecule has 1 aliphatic rings. The maximum Gasteiger partial charge on any atom is 0.269 e. The van der Waals surface area contributed by atoms with Gasteiger partial charge in [0, 0.05) is 30.9 Å². The molecule has 0 unspecified atom stereocenters. The summed E-state index contributed by atoms with van der Waals surface area (Å²) in [6, 6.07) is 5.11. The molecule has 0 saturated carbocycles. The van der Waals surface area contributed by atoms with Crippen LogP contribution in [0.25, 0.3) is 0 Å². The van der Waals surface area contributed by atoms with Crippen LogP contribution in [0.2, 0.25) is 0 Å². The molecule has 1 aromatic rings. The maximum atomic E-state index is 10.8. The fraction of sp³-hybridized carbons (Fsp3) is 0.250. The van der Waals surface area contributed by atoms with Gasteiger partial charge < -0.3 is 4.90 Å². The minimum Gasteiger partial charge on any atom is -0.367 e. The van der Waals surface area contributed by atoms with Crippen molar-refractivity contribution in [2.45, 2.75) is 12.8 Å². The molecule has 104 valence electrons. The van der Waals surface area contributed by atoms with E-state index in [0.717, 1.165) is 42.8 Å². The number of allylic oxidation sites excluding steroid dienone is 2. The second-order valence-electron chi connectivity index (χ2n) is 4.78. The van der Waals surface area contributed by atoms with Gasteiger partial charge in [-0.05, 0) is 30.0 Å². The molecule has 0 aromatic heterocycles. The van der Waals surface area contributed by atoms with Crippen molar-refractivity contribution in [3.05, 3.63) is 70.8 Å². The number of nitrogens with zero attached hydrogens (tertiary/aromatic N) is 2. The molecular formula is C16H18N2O2. The standard InChI is InChI=1S/C16H18N2O2/c1-3-6-13(4-2)12-17-10-5-7-14-11-15(18(19)20)8-9-16(14)17/h3-4,6,8-9,11H,1-2,5,7,10,12H2/b13-6+. The molecule has 4 nitrogen and oxygen atoms in total. The molecule has 2 rings (SSSR count).